The standard InChI is InChI=1S/C19H30N8O5/c1-8(2)4-10(20)18(31)25-9(3)17(30)26-12-14(29)11(5-28)32-19(12)27-7-24-13-15(21)22-6-23-16(13)27/h6-12,14,19,28-29H,4-5,20H2,1-3H3,(H,25,31)(H,26,30)(H2,21,22,23)/t9-,10-,11+,12+,14+,19+/m0/s1. The molecule has 0 radical (unpaired) electrons. The number of aromatic nitrogens is 4. The van der Waals surface area contributed by atoms with E-state index in [1.807, 2.05) is 13.8 Å². The third-order valence-electron chi connectivity index (χ3n) is 5.33. The average molecular weight is 451 g/mol. The number of amides is 2. The highest BCUT2D eigenvalue weighted by atomic mass is 16.5. The maximum atomic E-state index is 12.8. The van der Waals surface area contributed by atoms with Gasteiger partial charge in [-0.2, -0.15) is 0 Å². The van der Waals surface area contributed by atoms with Gasteiger partial charge in [-0.3, -0.25) is 14.2 Å². The number of imidazole rings is 1. The van der Waals surface area contributed by atoms with E-state index in [0.29, 0.717) is 17.6 Å². The summed E-state index contributed by atoms with van der Waals surface area (Å²) in [7, 11) is 0. The van der Waals surface area contributed by atoms with Crippen LogP contribution in [-0.4, -0.2) is 78.5 Å². The molecule has 13 nitrogen and oxygen atoms in total. The third kappa shape index (κ3) is 4.80. The van der Waals surface area contributed by atoms with Crippen LogP contribution in [-0.2, 0) is 14.3 Å². The number of aliphatic hydroxyl groups is 2. The van der Waals surface area contributed by atoms with E-state index < -0.39 is 55.0 Å². The molecule has 1 saturated heterocycles. The first-order chi connectivity index (χ1) is 15.1. The molecule has 1 fully saturated rings. The Kier molecular flexibility index (Phi) is 7.23. The van der Waals surface area contributed by atoms with Gasteiger partial charge in [-0.15, -0.1) is 0 Å². The molecule has 2 amide bonds. The number of rotatable bonds is 8. The van der Waals surface area contributed by atoms with Gasteiger partial charge in [-0.05, 0) is 19.3 Å². The Bertz CT molecular complexity index is 966. The minimum absolute atomic E-state index is 0.167. The summed E-state index contributed by atoms with van der Waals surface area (Å²) in [6.07, 6.45) is 0.0340. The van der Waals surface area contributed by atoms with Crippen molar-refractivity contribution >= 4 is 28.8 Å². The normalized spacial score (nSPS) is 25.1. The Morgan fingerprint density at radius 3 is 2.62 bits per heavy atom. The number of ether oxygens (including phenoxy) is 1. The summed E-state index contributed by atoms with van der Waals surface area (Å²) in [6.45, 7) is 4.93. The number of hydrogen-bond donors (Lipinski definition) is 6. The summed E-state index contributed by atoms with van der Waals surface area (Å²) in [5.74, 6) is -0.600. The number of nitrogens with zero attached hydrogens (tertiary/aromatic N) is 4. The lowest BCUT2D eigenvalue weighted by Crippen LogP contribution is -2.55. The van der Waals surface area contributed by atoms with Crippen molar-refractivity contribution in [2.75, 3.05) is 12.3 Å². The molecule has 6 atom stereocenters. The SMILES string of the molecule is CC(C)C[C@H](N)C(=O)N[C@@H](C)C(=O)N[C@@H]1[C@H](O)[C@@H](CO)O[C@H]1n1cnc2c(N)ncnc21. The van der Waals surface area contributed by atoms with Crippen LogP contribution in [0.1, 0.15) is 33.4 Å². The van der Waals surface area contributed by atoms with Crippen molar-refractivity contribution in [3.05, 3.63) is 12.7 Å². The van der Waals surface area contributed by atoms with Gasteiger partial charge in [0.2, 0.25) is 11.8 Å². The highest BCUT2D eigenvalue weighted by molar-refractivity contribution is 5.89. The Morgan fingerprint density at radius 2 is 1.97 bits per heavy atom. The van der Waals surface area contributed by atoms with E-state index in [1.165, 1.54) is 24.1 Å². The quantitative estimate of drug-likeness (QED) is 0.261. The smallest absolute Gasteiger partial charge is 0.242 e. The number of nitrogens with two attached hydrogens (primary N) is 2. The van der Waals surface area contributed by atoms with Gasteiger partial charge in [-0.25, -0.2) is 15.0 Å². The summed E-state index contributed by atoms with van der Waals surface area (Å²) >= 11 is 0. The van der Waals surface area contributed by atoms with Crippen LogP contribution in [0.4, 0.5) is 5.82 Å². The van der Waals surface area contributed by atoms with Crippen molar-refractivity contribution in [3.8, 4) is 0 Å². The minimum Gasteiger partial charge on any atom is -0.394 e. The van der Waals surface area contributed by atoms with Crippen molar-refractivity contribution in [2.24, 2.45) is 11.7 Å². The number of nitrogens with one attached hydrogen (secondary N) is 2. The lowest BCUT2D eigenvalue weighted by Gasteiger charge is -2.25. The molecule has 1 aliphatic heterocycles. The van der Waals surface area contributed by atoms with Crippen molar-refractivity contribution in [1.82, 2.24) is 30.2 Å². The third-order valence-corrected chi connectivity index (χ3v) is 5.33. The molecule has 3 rings (SSSR count). The monoisotopic (exact) mass is 450 g/mol. The van der Waals surface area contributed by atoms with Gasteiger partial charge >= 0.3 is 0 Å². The lowest BCUT2D eigenvalue weighted by atomic mass is 10.0. The molecular weight excluding hydrogens is 420 g/mol. The highest BCUT2D eigenvalue weighted by Crippen LogP contribution is 2.32. The van der Waals surface area contributed by atoms with Crippen molar-refractivity contribution < 1.29 is 24.5 Å². The maximum absolute atomic E-state index is 12.8. The fourth-order valence-corrected chi connectivity index (χ4v) is 3.64. The molecule has 2 aromatic rings. The molecule has 32 heavy (non-hydrogen) atoms. The van der Waals surface area contributed by atoms with Gasteiger partial charge < -0.3 is 37.1 Å². The molecule has 0 spiro atoms. The van der Waals surface area contributed by atoms with Gasteiger partial charge in [0.05, 0.1) is 19.0 Å². The number of carbonyl (C=O) groups excluding carboxylic acids is 2. The summed E-state index contributed by atoms with van der Waals surface area (Å²) < 4.78 is 7.27. The Hall–Kier alpha value is -2.87. The zero-order chi connectivity index (χ0) is 23.6. The molecule has 13 heteroatoms. The number of aliphatic hydroxyl groups excluding tert-OH is 2. The second kappa shape index (κ2) is 9.73. The second-order valence-electron chi connectivity index (χ2n) is 8.32. The first-order valence-electron chi connectivity index (χ1n) is 10.4. The van der Waals surface area contributed by atoms with E-state index in [1.54, 1.807) is 0 Å². The lowest BCUT2D eigenvalue weighted by molar-refractivity contribution is -0.130. The molecule has 8 N–H and O–H groups in total. The van der Waals surface area contributed by atoms with E-state index in [4.69, 9.17) is 16.2 Å². The summed E-state index contributed by atoms with van der Waals surface area (Å²) in [5, 5.41) is 25.5. The van der Waals surface area contributed by atoms with Crippen molar-refractivity contribution in [3.63, 3.8) is 0 Å². The van der Waals surface area contributed by atoms with E-state index in [9.17, 15) is 19.8 Å². The van der Waals surface area contributed by atoms with Crippen LogP contribution in [0.2, 0.25) is 0 Å². The molecule has 176 valence electrons. The van der Waals surface area contributed by atoms with E-state index >= 15 is 0 Å². The first-order valence-corrected chi connectivity index (χ1v) is 10.4. The summed E-state index contributed by atoms with van der Waals surface area (Å²) in [5.41, 5.74) is 12.4. The zero-order valence-electron chi connectivity index (χ0n) is 18.2. The van der Waals surface area contributed by atoms with Crippen LogP contribution in [0.15, 0.2) is 12.7 Å². The van der Waals surface area contributed by atoms with E-state index in [-0.39, 0.29) is 11.7 Å². The van der Waals surface area contributed by atoms with Crippen LogP contribution in [0.25, 0.3) is 11.2 Å². The Balaban J connectivity index is 1.77. The number of fused-ring (bicyclic) bond motifs is 1. The number of hydrogen-bond acceptors (Lipinski definition) is 10. The van der Waals surface area contributed by atoms with Gasteiger partial charge in [0.25, 0.3) is 0 Å². The van der Waals surface area contributed by atoms with Gasteiger partial charge in [-0.1, -0.05) is 13.8 Å². The fraction of sp³-hybridized carbons (Fsp3) is 0.632. The summed E-state index contributed by atoms with van der Waals surface area (Å²) in [6, 6.07) is -2.62. The maximum Gasteiger partial charge on any atom is 0.242 e. The van der Waals surface area contributed by atoms with Crippen LogP contribution in [0.3, 0.4) is 0 Å². The van der Waals surface area contributed by atoms with Crippen LogP contribution in [0, 0.1) is 5.92 Å². The predicted molar refractivity (Wildman–Crippen MR) is 114 cm³/mol. The minimum atomic E-state index is -1.23. The molecule has 0 unspecified atom stereocenters. The van der Waals surface area contributed by atoms with Crippen molar-refractivity contribution in [1.29, 1.82) is 0 Å². The molecule has 0 aliphatic carbocycles. The van der Waals surface area contributed by atoms with Gasteiger partial charge in [0.1, 0.15) is 36.1 Å². The Labute approximate surface area is 184 Å². The fourth-order valence-electron chi connectivity index (χ4n) is 3.64. The predicted octanol–water partition coefficient (Wildman–Crippen LogP) is -1.98. The van der Waals surface area contributed by atoms with Crippen LogP contribution < -0.4 is 22.1 Å². The first kappa shape index (κ1) is 23.8. The van der Waals surface area contributed by atoms with Gasteiger partial charge in [0, 0.05) is 0 Å². The second-order valence-corrected chi connectivity index (χ2v) is 8.32. The molecule has 1 aliphatic rings. The topological polar surface area (TPSA) is 204 Å². The highest BCUT2D eigenvalue weighted by Gasteiger charge is 2.46. The molecule has 0 bridgehead atoms. The number of nitrogen functional groups attached to an aromatic ring is 1. The number of carbonyl (C=O) groups is 2. The molecule has 2 aromatic heterocycles. The van der Waals surface area contributed by atoms with E-state index in [2.05, 4.69) is 25.6 Å². The Morgan fingerprint density at radius 1 is 1.25 bits per heavy atom. The van der Waals surface area contributed by atoms with Crippen molar-refractivity contribution in [2.45, 2.75) is 63.8 Å². The zero-order valence-corrected chi connectivity index (χ0v) is 18.2. The molecule has 0 aromatic carbocycles. The largest absolute Gasteiger partial charge is 0.394 e. The molecule has 0 saturated carbocycles. The molecule has 3 heterocycles. The number of anilines is 1. The van der Waals surface area contributed by atoms with Crippen LogP contribution >= 0.6 is 0 Å². The molecular formula is C19H30N8O5. The van der Waals surface area contributed by atoms with Gasteiger partial charge in [0.15, 0.2) is 17.7 Å². The van der Waals surface area contributed by atoms with Crippen LogP contribution in [0.5, 0.6) is 0 Å². The summed E-state index contributed by atoms with van der Waals surface area (Å²) in [4.78, 5) is 37.3. The van der Waals surface area contributed by atoms with E-state index in [0.717, 1.165) is 0 Å². The average Bonchev–Trinajstić information content (AvgIpc) is 3.29.